The lowest BCUT2D eigenvalue weighted by atomic mass is 10.1. The summed E-state index contributed by atoms with van der Waals surface area (Å²) in [4.78, 5) is 29.6. The van der Waals surface area contributed by atoms with Crippen molar-refractivity contribution in [2.45, 2.75) is 40.2 Å². The summed E-state index contributed by atoms with van der Waals surface area (Å²) in [5.74, 6) is -0.0922. The summed E-state index contributed by atoms with van der Waals surface area (Å²) in [5.41, 5.74) is 3.95. The number of anilines is 1. The topological polar surface area (TPSA) is 66.8 Å². The number of urea groups is 1. The van der Waals surface area contributed by atoms with Gasteiger partial charge in [0.2, 0.25) is 5.91 Å². The number of methoxy groups -OCH3 is 1. The second-order valence-electron chi connectivity index (χ2n) is 7.87. The van der Waals surface area contributed by atoms with E-state index < -0.39 is 0 Å². The minimum absolute atomic E-state index is 0.0326. The normalized spacial score (nSPS) is 10.7. The molecular formula is C24H36N4O3. The number of ether oxygens (including phenoxy) is 1. The zero-order chi connectivity index (χ0) is 22.8. The van der Waals surface area contributed by atoms with Gasteiger partial charge in [-0.3, -0.25) is 4.79 Å². The molecule has 0 fully saturated rings. The second kappa shape index (κ2) is 12.2. The molecule has 2 rings (SSSR count). The molecule has 0 unspecified atom stereocenters. The summed E-state index contributed by atoms with van der Waals surface area (Å²) in [7, 11) is 3.58. The third-order valence-corrected chi connectivity index (χ3v) is 5.56. The van der Waals surface area contributed by atoms with E-state index in [0.29, 0.717) is 26.2 Å². The van der Waals surface area contributed by atoms with Crippen LogP contribution in [0.5, 0.6) is 0 Å². The van der Waals surface area contributed by atoms with E-state index in [4.69, 9.17) is 4.74 Å². The summed E-state index contributed by atoms with van der Waals surface area (Å²) >= 11 is 0. The maximum absolute atomic E-state index is 13.2. The molecule has 2 aromatic rings. The van der Waals surface area contributed by atoms with Crippen LogP contribution < -0.4 is 5.32 Å². The van der Waals surface area contributed by atoms with Crippen LogP contribution in [0.4, 0.5) is 10.5 Å². The smallest absolute Gasteiger partial charge is 0.322 e. The van der Waals surface area contributed by atoms with E-state index in [1.54, 1.807) is 16.9 Å². The fraction of sp³-hybridized carbons (Fsp3) is 0.500. The van der Waals surface area contributed by atoms with Crippen LogP contribution in [0, 0.1) is 13.8 Å². The first-order chi connectivity index (χ1) is 14.9. The van der Waals surface area contributed by atoms with Crippen molar-refractivity contribution in [3.63, 3.8) is 0 Å². The van der Waals surface area contributed by atoms with Crippen molar-refractivity contribution in [1.29, 1.82) is 0 Å². The Hall–Kier alpha value is -2.80. The van der Waals surface area contributed by atoms with Crippen molar-refractivity contribution in [2.75, 3.05) is 38.7 Å². The van der Waals surface area contributed by atoms with Gasteiger partial charge >= 0.3 is 6.03 Å². The first-order valence-corrected chi connectivity index (χ1v) is 10.9. The largest absolute Gasteiger partial charge is 0.383 e. The van der Waals surface area contributed by atoms with Gasteiger partial charge in [-0.05, 0) is 49.6 Å². The Bertz CT molecular complexity index is 862. The van der Waals surface area contributed by atoms with E-state index in [1.807, 2.05) is 62.0 Å². The number of aromatic nitrogens is 1. The Kier molecular flexibility index (Phi) is 9.59. The quantitative estimate of drug-likeness (QED) is 0.589. The number of carbonyl (C=O) groups is 2. The van der Waals surface area contributed by atoms with Gasteiger partial charge in [-0.1, -0.05) is 25.5 Å². The number of carbonyl (C=O) groups excluding carboxylic acids is 2. The van der Waals surface area contributed by atoms with Crippen molar-refractivity contribution in [1.82, 2.24) is 14.4 Å². The fourth-order valence-electron chi connectivity index (χ4n) is 3.30. The SMILES string of the molecule is CCCCN(CC(=O)N(CCOC)Cc1cccn1C)C(=O)Nc1cccc(C)c1C. The number of benzene rings is 1. The lowest BCUT2D eigenvalue weighted by Crippen LogP contribution is -2.45. The van der Waals surface area contributed by atoms with Crippen LogP contribution in [0.1, 0.15) is 36.6 Å². The number of aryl methyl sites for hydroxylation is 2. The number of hydrogen-bond acceptors (Lipinski definition) is 3. The number of nitrogens with zero attached hydrogens (tertiary/aromatic N) is 3. The molecule has 1 N–H and O–H groups in total. The molecular weight excluding hydrogens is 392 g/mol. The van der Waals surface area contributed by atoms with Crippen LogP contribution in [0.2, 0.25) is 0 Å². The van der Waals surface area contributed by atoms with E-state index in [2.05, 4.69) is 12.2 Å². The molecule has 7 nitrogen and oxygen atoms in total. The Morgan fingerprint density at radius 1 is 1.10 bits per heavy atom. The summed E-state index contributed by atoms with van der Waals surface area (Å²) in [5, 5.41) is 2.99. The van der Waals surface area contributed by atoms with Gasteiger partial charge in [0.25, 0.3) is 0 Å². The van der Waals surface area contributed by atoms with Crippen LogP contribution in [0.3, 0.4) is 0 Å². The average Bonchev–Trinajstić information content (AvgIpc) is 3.15. The van der Waals surface area contributed by atoms with E-state index in [0.717, 1.165) is 35.3 Å². The maximum atomic E-state index is 13.2. The molecule has 0 atom stereocenters. The third kappa shape index (κ3) is 7.14. The highest BCUT2D eigenvalue weighted by molar-refractivity contribution is 5.93. The van der Waals surface area contributed by atoms with Crippen LogP contribution in [-0.2, 0) is 23.1 Å². The van der Waals surface area contributed by atoms with E-state index in [1.165, 1.54) is 0 Å². The van der Waals surface area contributed by atoms with Gasteiger partial charge in [-0.25, -0.2) is 4.79 Å². The van der Waals surface area contributed by atoms with Crippen molar-refractivity contribution in [3.05, 3.63) is 53.3 Å². The van der Waals surface area contributed by atoms with Crippen molar-refractivity contribution < 1.29 is 14.3 Å². The Labute approximate surface area is 186 Å². The highest BCUT2D eigenvalue weighted by atomic mass is 16.5. The molecule has 0 saturated carbocycles. The molecule has 0 aliphatic rings. The zero-order valence-electron chi connectivity index (χ0n) is 19.5. The van der Waals surface area contributed by atoms with Gasteiger partial charge in [-0.2, -0.15) is 0 Å². The third-order valence-electron chi connectivity index (χ3n) is 5.56. The van der Waals surface area contributed by atoms with Gasteiger partial charge in [-0.15, -0.1) is 0 Å². The minimum atomic E-state index is -0.249. The summed E-state index contributed by atoms with van der Waals surface area (Å²) in [6, 6.07) is 9.53. The molecule has 1 aromatic heterocycles. The molecule has 0 spiro atoms. The predicted molar refractivity (Wildman–Crippen MR) is 124 cm³/mol. The summed E-state index contributed by atoms with van der Waals surface area (Å²) in [6.45, 7) is 8.03. The number of hydrogen-bond donors (Lipinski definition) is 1. The number of rotatable bonds is 11. The lowest BCUT2D eigenvalue weighted by molar-refractivity contribution is -0.133. The maximum Gasteiger partial charge on any atom is 0.322 e. The number of nitrogens with one attached hydrogen (secondary N) is 1. The van der Waals surface area contributed by atoms with E-state index in [-0.39, 0.29) is 18.5 Å². The second-order valence-corrected chi connectivity index (χ2v) is 7.87. The van der Waals surface area contributed by atoms with E-state index >= 15 is 0 Å². The summed E-state index contributed by atoms with van der Waals surface area (Å²) in [6.07, 6.45) is 3.74. The molecule has 170 valence electrons. The van der Waals surface area contributed by atoms with Crippen LogP contribution in [-0.4, -0.2) is 59.7 Å². The van der Waals surface area contributed by atoms with Crippen LogP contribution in [0.15, 0.2) is 36.5 Å². The monoisotopic (exact) mass is 428 g/mol. The Morgan fingerprint density at radius 2 is 1.87 bits per heavy atom. The zero-order valence-corrected chi connectivity index (χ0v) is 19.5. The van der Waals surface area contributed by atoms with Gasteiger partial charge in [0, 0.05) is 44.8 Å². The fourth-order valence-corrected chi connectivity index (χ4v) is 3.30. The highest BCUT2D eigenvalue weighted by Crippen LogP contribution is 2.18. The van der Waals surface area contributed by atoms with Crippen LogP contribution >= 0.6 is 0 Å². The summed E-state index contributed by atoms with van der Waals surface area (Å²) < 4.78 is 7.19. The molecule has 0 saturated heterocycles. The molecule has 0 aliphatic carbocycles. The molecule has 0 aliphatic heterocycles. The number of amides is 3. The number of unbranched alkanes of at least 4 members (excludes halogenated alkanes) is 1. The Balaban J connectivity index is 2.13. The molecule has 1 heterocycles. The van der Waals surface area contributed by atoms with Gasteiger partial charge in [0.1, 0.15) is 6.54 Å². The highest BCUT2D eigenvalue weighted by Gasteiger charge is 2.22. The molecule has 3 amide bonds. The molecule has 1 aromatic carbocycles. The standard InChI is InChI=1S/C24H36N4O3/c1-6-7-14-28(24(30)25-22-12-8-10-19(2)20(22)3)18-23(29)27(15-16-31-5)17-21-11-9-13-26(21)4/h8-13H,6-7,14-18H2,1-5H3,(H,25,30). The van der Waals surface area contributed by atoms with Gasteiger partial charge in [0.15, 0.2) is 0 Å². The first-order valence-electron chi connectivity index (χ1n) is 10.9. The molecule has 31 heavy (non-hydrogen) atoms. The van der Waals surface area contributed by atoms with Crippen molar-refractivity contribution in [2.24, 2.45) is 7.05 Å². The lowest BCUT2D eigenvalue weighted by Gasteiger charge is -2.28. The van der Waals surface area contributed by atoms with Gasteiger partial charge in [0.05, 0.1) is 13.2 Å². The van der Waals surface area contributed by atoms with E-state index in [9.17, 15) is 9.59 Å². The molecule has 0 radical (unpaired) electrons. The van der Waals surface area contributed by atoms with Gasteiger partial charge < -0.3 is 24.4 Å². The molecule has 7 heteroatoms. The van der Waals surface area contributed by atoms with Crippen LogP contribution in [0.25, 0.3) is 0 Å². The van der Waals surface area contributed by atoms with Crippen molar-refractivity contribution in [3.8, 4) is 0 Å². The Morgan fingerprint density at radius 3 is 2.52 bits per heavy atom. The predicted octanol–water partition coefficient (Wildman–Crippen LogP) is 3.95. The minimum Gasteiger partial charge on any atom is -0.383 e. The first kappa shape index (κ1) is 24.5. The van der Waals surface area contributed by atoms with Crippen molar-refractivity contribution >= 4 is 17.6 Å². The average molecular weight is 429 g/mol. The molecule has 0 bridgehead atoms.